The Morgan fingerprint density at radius 1 is 1.47 bits per heavy atom. The van der Waals surface area contributed by atoms with E-state index in [-0.39, 0.29) is 11.5 Å². The Labute approximate surface area is 109 Å². The summed E-state index contributed by atoms with van der Waals surface area (Å²) < 4.78 is 16.4. The van der Waals surface area contributed by atoms with E-state index in [2.05, 4.69) is 0 Å². The highest BCUT2D eigenvalue weighted by Crippen LogP contribution is 2.11. The van der Waals surface area contributed by atoms with Crippen molar-refractivity contribution in [2.24, 2.45) is 0 Å². The fourth-order valence-electron chi connectivity index (χ4n) is 1.33. The molecule has 0 heterocycles. The highest BCUT2D eigenvalue weighted by Gasteiger charge is 2.10. The van der Waals surface area contributed by atoms with Gasteiger partial charge in [0.2, 0.25) is 0 Å². The molecule has 3 nitrogen and oxygen atoms in total. The molecular weight excluding hydrogens is 260 g/mol. The lowest BCUT2D eigenvalue weighted by atomic mass is 10.1. The van der Waals surface area contributed by atoms with Crippen molar-refractivity contribution in [2.45, 2.75) is 6.42 Å². The van der Waals surface area contributed by atoms with E-state index in [1.54, 1.807) is 31.4 Å². The Bertz CT molecular complexity index is 406. The van der Waals surface area contributed by atoms with Gasteiger partial charge in [0.1, 0.15) is 0 Å². The highest BCUT2D eigenvalue weighted by atomic mass is 35.5. The van der Waals surface area contributed by atoms with Crippen molar-refractivity contribution >= 4 is 28.2 Å². The van der Waals surface area contributed by atoms with Gasteiger partial charge in [-0.05, 0) is 18.6 Å². The zero-order valence-corrected chi connectivity index (χ0v) is 11.2. The van der Waals surface area contributed by atoms with Gasteiger partial charge in [0.05, 0.1) is 5.75 Å². The van der Waals surface area contributed by atoms with Crippen LogP contribution in [0.25, 0.3) is 0 Å². The zero-order chi connectivity index (χ0) is 12.7. The minimum atomic E-state index is -1.13. The second kappa shape index (κ2) is 7.58. The molecule has 0 radical (unpaired) electrons. The second-order valence-corrected chi connectivity index (χ2v) is 5.58. The summed E-state index contributed by atoms with van der Waals surface area (Å²) in [5.41, 5.74) is 0.512. The van der Waals surface area contributed by atoms with Crippen molar-refractivity contribution in [2.75, 3.05) is 25.2 Å². The molecule has 0 N–H and O–H groups in total. The Kier molecular flexibility index (Phi) is 6.40. The normalized spacial score (nSPS) is 12.4. The van der Waals surface area contributed by atoms with E-state index in [1.807, 2.05) is 0 Å². The number of Topliss-reactive ketones (excluding diaryl/α,β-unsaturated/α-hetero) is 1. The minimum absolute atomic E-state index is 0.0457. The third-order valence-corrected chi connectivity index (χ3v) is 3.72. The summed E-state index contributed by atoms with van der Waals surface area (Å²) in [5.74, 6) is 0.396. The van der Waals surface area contributed by atoms with Gasteiger partial charge < -0.3 is 4.74 Å². The number of hydrogen-bond acceptors (Lipinski definition) is 3. The summed E-state index contributed by atoms with van der Waals surface area (Å²) in [6.07, 6.45) is 0.700. The van der Waals surface area contributed by atoms with Crippen LogP contribution in [-0.2, 0) is 15.5 Å². The molecule has 1 aromatic rings. The molecule has 1 aromatic carbocycles. The molecule has 0 aliphatic heterocycles. The van der Waals surface area contributed by atoms with E-state index in [0.717, 1.165) is 0 Å². The molecule has 0 aliphatic carbocycles. The van der Waals surface area contributed by atoms with Crippen LogP contribution >= 0.6 is 11.6 Å². The largest absolute Gasteiger partial charge is 0.385 e. The van der Waals surface area contributed by atoms with Crippen LogP contribution in [0.5, 0.6) is 0 Å². The van der Waals surface area contributed by atoms with Gasteiger partial charge in [-0.1, -0.05) is 23.7 Å². The maximum atomic E-state index is 11.8. The first-order chi connectivity index (χ1) is 8.13. The van der Waals surface area contributed by atoms with Gasteiger partial charge in [0, 0.05) is 40.9 Å². The van der Waals surface area contributed by atoms with Crippen LogP contribution in [0.2, 0.25) is 5.02 Å². The van der Waals surface area contributed by atoms with Crippen LogP contribution in [0.3, 0.4) is 0 Å². The SMILES string of the molecule is COCCCS(=O)CC(=O)c1cccc(Cl)c1. The second-order valence-electron chi connectivity index (χ2n) is 3.57. The molecule has 1 unspecified atom stereocenters. The number of methoxy groups -OCH3 is 1. The average molecular weight is 275 g/mol. The number of rotatable bonds is 7. The van der Waals surface area contributed by atoms with Crippen LogP contribution < -0.4 is 0 Å². The molecule has 0 saturated heterocycles. The van der Waals surface area contributed by atoms with Crippen LogP contribution in [-0.4, -0.2) is 35.2 Å². The molecule has 1 atom stereocenters. The van der Waals surface area contributed by atoms with Crippen molar-refractivity contribution < 1.29 is 13.7 Å². The molecule has 94 valence electrons. The number of halogens is 1. The Hall–Kier alpha value is -0.710. The standard InChI is InChI=1S/C12H15ClO3S/c1-16-6-3-7-17(15)9-12(14)10-4-2-5-11(13)8-10/h2,4-5,8H,3,6-7,9H2,1H3. The summed E-state index contributed by atoms with van der Waals surface area (Å²) in [6, 6.07) is 6.69. The third kappa shape index (κ3) is 5.44. The minimum Gasteiger partial charge on any atom is -0.385 e. The maximum absolute atomic E-state index is 11.8. The van der Waals surface area contributed by atoms with E-state index < -0.39 is 10.8 Å². The Morgan fingerprint density at radius 3 is 2.88 bits per heavy atom. The van der Waals surface area contributed by atoms with E-state index in [4.69, 9.17) is 16.3 Å². The number of ketones is 1. The van der Waals surface area contributed by atoms with Gasteiger partial charge in [-0.25, -0.2) is 0 Å². The predicted octanol–water partition coefficient (Wildman–Crippen LogP) is 2.31. The number of ether oxygens (including phenoxy) is 1. The van der Waals surface area contributed by atoms with Crippen LogP contribution in [0.4, 0.5) is 0 Å². The molecule has 0 aliphatic rings. The Morgan fingerprint density at radius 2 is 2.24 bits per heavy atom. The summed E-state index contributed by atoms with van der Waals surface area (Å²) >= 11 is 5.78. The molecule has 17 heavy (non-hydrogen) atoms. The fourth-order valence-corrected chi connectivity index (χ4v) is 2.56. The first-order valence-corrected chi connectivity index (χ1v) is 7.12. The fraction of sp³-hybridized carbons (Fsp3) is 0.417. The first kappa shape index (κ1) is 14.4. The summed E-state index contributed by atoms with van der Waals surface area (Å²) in [5, 5.41) is 0.515. The van der Waals surface area contributed by atoms with Crippen molar-refractivity contribution in [3.8, 4) is 0 Å². The molecule has 0 bridgehead atoms. The quantitative estimate of drug-likeness (QED) is 0.566. The van der Waals surface area contributed by atoms with E-state index in [1.165, 1.54) is 0 Å². The topological polar surface area (TPSA) is 43.4 Å². The van der Waals surface area contributed by atoms with E-state index >= 15 is 0 Å². The highest BCUT2D eigenvalue weighted by molar-refractivity contribution is 7.85. The summed E-state index contributed by atoms with van der Waals surface area (Å²) in [7, 11) is 0.466. The van der Waals surface area contributed by atoms with Crippen molar-refractivity contribution in [1.82, 2.24) is 0 Å². The van der Waals surface area contributed by atoms with Gasteiger partial charge >= 0.3 is 0 Å². The first-order valence-electron chi connectivity index (χ1n) is 5.26. The molecule has 5 heteroatoms. The lowest BCUT2D eigenvalue weighted by Crippen LogP contribution is -2.14. The van der Waals surface area contributed by atoms with E-state index in [0.29, 0.717) is 29.4 Å². The molecule has 0 amide bonds. The van der Waals surface area contributed by atoms with Crippen molar-refractivity contribution in [3.63, 3.8) is 0 Å². The van der Waals surface area contributed by atoms with Crippen molar-refractivity contribution in [1.29, 1.82) is 0 Å². The molecular formula is C12H15ClO3S. The van der Waals surface area contributed by atoms with Gasteiger partial charge in [0.25, 0.3) is 0 Å². The van der Waals surface area contributed by atoms with Crippen molar-refractivity contribution in [3.05, 3.63) is 34.9 Å². The molecule has 0 fully saturated rings. The van der Waals surface area contributed by atoms with Crippen LogP contribution in [0.15, 0.2) is 24.3 Å². The lowest BCUT2D eigenvalue weighted by Gasteiger charge is -2.02. The van der Waals surface area contributed by atoms with Gasteiger partial charge in [-0.15, -0.1) is 0 Å². The zero-order valence-electron chi connectivity index (χ0n) is 9.65. The molecule has 1 rings (SSSR count). The van der Waals surface area contributed by atoms with E-state index in [9.17, 15) is 9.00 Å². The number of carbonyl (C=O) groups excluding carboxylic acids is 1. The summed E-state index contributed by atoms with van der Waals surface area (Å²) in [6.45, 7) is 0.567. The monoisotopic (exact) mass is 274 g/mol. The van der Waals surface area contributed by atoms with Crippen LogP contribution in [0.1, 0.15) is 16.8 Å². The maximum Gasteiger partial charge on any atom is 0.175 e. The number of hydrogen-bond donors (Lipinski definition) is 0. The van der Waals surface area contributed by atoms with Crippen LogP contribution in [0, 0.1) is 0 Å². The van der Waals surface area contributed by atoms with Gasteiger partial charge in [0.15, 0.2) is 5.78 Å². The smallest absolute Gasteiger partial charge is 0.175 e. The molecule has 0 aromatic heterocycles. The molecule has 0 saturated carbocycles. The Balaban J connectivity index is 2.46. The number of benzene rings is 1. The number of carbonyl (C=O) groups is 1. The average Bonchev–Trinajstić information content (AvgIpc) is 2.29. The third-order valence-electron chi connectivity index (χ3n) is 2.16. The summed E-state index contributed by atoms with van der Waals surface area (Å²) in [4.78, 5) is 11.8. The predicted molar refractivity (Wildman–Crippen MR) is 70.2 cm³/mol. The molecule has 0 spiro atoms. The van der Waals surface area contributed by atoms with Gasteiger partial charge in [-0.2, -0.15) is 0 Å². The lowest BCUT2D eigenvalue weighted by molar-refractivity contribution is 0.102. The van der Waals surface area contributed by atoms with Gasteiger partial charge in [-0.3, -0.25) is 9.00 Å².